The van der Waals surface area contributed by atoms with Crippen LogP contribution in [-0.4, -0.2) is 9.78 Å². The minimum absolute atomic E-state index is 0.400. The number of aryl methyl sites for hydroxylation is 2. The summed E-state index contributed by atoms with van der Waals surface area (Å²) in [6, 6.07) is 8.00. The van der Waals surface area contributed by atoms with Gasteiger partial charge in [-0.2, -0.15) is 5.10 Å². The second-order valence-corrected chi connectivity index (χ2v) is 4.72. The van der Waals surface area contributed by atoms with E-state index in [4.69, 9.17) is 10.5 Å². The van der Waals surface area contributed by atoms with E-state index in [1.165, 1.54) is 0 Å². The highest BCUT2D eigenvalue weighted by molar-refractivity contribution is 5.54. The first-order valence-corrected chi connectivity index (χ1v) is 6.06. The Hall–Kier alpha value is -1.97. The average Bonchev–Trinajstić information content (AvgIpc) is 2.56. The highest BCUT2D eigenvalue weighted by Crippen LogP contribution is 2.33. The molecule has 1 heterocycles. The standard InChI is InChI=1S/C14H19N3O/c1-9(2)11-7-5-6-8-12(11)18-14-13(15)10(3)16-17(14)4/h5-9H,15H2,1-4H3. The quantitative estimate of drug-likeness (QED) is 0.903. The van der Waals surface area contributed by atoms with E-state index in [1.807, 2.05) is 32.2 Å². The van der Waals surface area contributed by atoms with Crippen molar-refractivity contribution in [3.63, 3.8) is 0 Å². The number of aromatic nitrogens is 2. The maximum absolute atomic E-state index is 5.97. The normalized spacial score (nSPS) is 10.9. The summed E-state index contributed by atoms with van der Waals surface area (Å²) >= 11 is 0. The van der Waals surface area contributed by atoms with Gasteiger partial charge in [0.2, 0.25) is 5.88 Å². The number of nitrogens with zero attached hydrogens (tertiary/aromatic N) is 2. The summed E-state index contributed by atoms with van der Waals surface area (Å²) in [6.45, 7) is 6.15. The molecule has 0 saturated carbocycles. The molecular formula is C14H19N3O. The Kier molecular flexibility index (Phi) is 3.28. The summed E-state index contributed by atoms with van der Waals surface area (Å²) in [4.78, 5) is 0. The van der Waals surface area contributed by atoms with Gasteiger partial charge in [0, 0.05) is 7.05 Å². The van der Waals surface area contributed by atoms with Gasteiger partial charge in [0.25, 0.3) is 0 Å². The third-order valence-corrected chi connectivity index (χ3v) is 2.96. The topological polar surface area (TPSA) is 53.1 Å². The molecule has 1 aromatic heterocycles. The number of nitrogen functional groups attached to an aromatic ring is 1. The molecular weight excluding hydrogens is 226 g/mol. The first kappa shape index (κ1) is 12.5. The van der Waals surface area contributed by atoms with Crippen molar-refractivity contribution in [2.24, 2.45) is 7.05 Å². The van der Waals surface area contributed by atoms with E-state index in [-0.39, 0.29) is 0 Å². The molecule has 0 atom stereocenters. The lowest BCUT2D eigenvalue weighted by atomic mass is 10.0. The highest BCUT2D eigenvalue weighted by atomic mass is 16.5. The zero-order valence-corrected chi connectivity index (χ0v) is 11.3. The summed E-state index contributed by atoms with van der Waals surface area (Å²) in [7, 11) is 1.83. The summed E-state index contributed by atoms with van der Waals surface area (Å²) in [5, 5.41) is 4.25. The Labute approximate surface area is 107 Å². The number of hydrogen-bond donors (Lipinski definition) is 1. The number of anilines is 1. The predicted molar refractivity (Wildman–Crippen MR) is 73.0 cm³/mol. The van der Waals surface area contributed by atoms with Gasteiger partial charge in [0.15, 0.2) is 0 Å². The van der Waals surface area contributed by atoms with Crippen LogP contribution in [0, 0.1) is 6.92 Å². The maximum atomic E-state index is 5.97. The lowest BCUT2D eigenvalue weighted by Crippen LogP contribution is -2.00. The summed E-state index contributed by atoms with van der Waals surface area (Å²) < 4.78 is 7.60. The zero-order chi connectivity index (χ0) is 13.3. The van der Waals surface area contributed by atoms with Crippen LogP contribution >= 0.6 is 0 Å². The molecule has 2 N–H and O–H groups in total. The minimum atomic E-state index is 0.400. The Balaban J connectivity index is 2.40. The molecule has 0 amide bonds. The van der Waals surface area contributed by atoms with Gasteiger partial charge in [-0.15, -0.1) is 0 Å². The fourth-order valence-electron chi connectivity index (χ4n) is 1.93. The average molecular weight is 245 g/mol. The van der Waals surface area contributed by atoms with Crippen molar-refractivity contribution in [1.29, 1.82) is 0 Å². The zero-order valence-electron chi connectivity index (χ0n) is 11.3. The third-order valence-electron chi connectivity index (χ3n) is 2.96. The van der Waals surface area contributed by atoms with Crippen LogP contribution in [-0.2, 0) is 7.05 Å². The fourth-order valence-corrected chi connectivity index (χ4v) is 1.93. The van der Waals surface area contributed by atoms with Crippen molar-refractivity contribution >= 4 is 5.69 Å². The molecule has 0 unspecified atom stereocenters. The Morgan fingerprint density at radius 3 is 2.50 bits per heavy atom. The van der Waals surface area contributed by atoms with Crippen LogP contribution in [0.1, 0.15) is 31.0 Å². The highest BCUT2D eigenvalue weighted by Gasteiger charge is 2.15. The molecule has 18 heavy (non-hydrogen) atoms. The third kappa shape index (κ3) is 2.18. The number of benzene rings is 1. The second-order valence-electron chi connectivity index (χ2n) is 4.72. The molecule has 0 spiro atoms. The molecule has 0 fully saturated rings. The molecule has 2 aromatic rings. The van der Waals surface area contributed by atoms with Crippen molar-refractivity contribution < 1.29 is 4.74 Å². The van der Waals surface area contributed by atoms with Gasteiger partial charge in [-0.1, -0.05) is 32.0 Å². The molecule has 4 heteroatoms. The van der Waals surface area contributed by atoms with Crippen LogP contribution in [0.15, 0.2) is 24.3 Å². The number of rotatable bonds is 3. The summed E-state index contributed by atoms with van der Waals surface area (Å²) in [6.07, 6.45) is 0. The molecule has 0 aliphatic rings. The first-order chi connectivity index (χ1) is 8.50. The van der Waals surface area contributed by atoms with E-state index in [2.05, 4.69) is 25.0 Å². The lowest BCUT2D eigenvalue weighted by molar-refractivity contribution is 0.426. The van der Waals surface area contributed by atoms with Crippen LogP contribution in [0.5, 0.6) is 11.6 Å². The lowest BCUT2D eigenvalue weighted by Gasteiger charge is -2.13. The largest absolute Gasteiger partial charge is 0.437 e. The number of para-hydroxylation sites is 1. The summed E-state index contributed by atoms with van der Waals surface area (Å²) in [5.74, 6) is 1.83. The van der Waals surface area contributed by atoms with Crippen LogP contribution in [0.25, 0.3) is 0 Å². The smallest absolute Gasteiger partial charge is 0.241 e. The Morgan fingerprint density at radius 1 is 1.28 bits per heavy atom. The number of ether oxygens (including phenoxy) is 1. The number of hydrogen-bond acceptors (Lipinski definition) is 3. The molecule has 0 aliphatic heterocycles. The monoisotopic (exact) mass is 245 g/mol. The van der Waals surface area contributed by atoms with E-state index in [0.29, 0.717) is 17.5 Å². The van der Waals surface area contributed by atoms with Gasteiger partial charge in [-0.3, -0.25) is 0 Å². The van der Waals surface area contributed by atoms with Crippen LogP contribution in [0.4, 0.5) is 5.69 Å². The van der Waals surface area contributed by atoms with Gasteiger partial charge >= 0.3 is 0 Å². The Bertz CT molecular complexity index is 558. The molecule has 0 saturated heterocycles. The van der Waals surface area contributed by atoms with Crippen molar-refractivity contribution in [2.75, 3.05) is 5.73 Å². The van der Waals surface area contributed by atoms with Gasteiger partial charge in [-0.25, -0.2) is 4.68 Å². The van der Waals surface area contributed by atoms with Crippen molar-refractivity contribution in [3.8, 4) is 11.6 Å². The Morgan fingerprint density at radius 2 is 1.94 bits per heavy atom. The van der Waals surface area contributed by atoms with E-state index in [0.717, 1.165) is 17.0 Å². The maximum Gasteiger partial charge on any atom is 0.241 e. The van der Waals surface area contributed by atoms with Crippen LogP contribution in [0.2, 0.25) is 0 Å². The molecule has 0 aliphatic carbocycles. The minimum Gasteiger partial charge on any atom is -0.437 e. The van der Waals surface area contributed by atoms with Gasteiger partial charge < -0.3 is 10.5 Å². The molecule has 2 rings (SSSR count). The molecule has 96 valence electrons. The van der Waals surface area contributed by atoms with Crippen molar-refractivity contribution in [2.45, 2.75) is 26.7 Å². The first-order valence-electron chi connectivity index (χ1n) is 6.06. The van der Waals surface area contributed by atoms with Crippen molar-refractivity contribution in [3.05, 3.63) is 35.5 Å². The van der Waals surface area contributed by atoms with Gasteiger partial charge in [0.1, 0.15) is 11.4 Å². The summed E-state index contributed by atoms with van der Waals surface area (Å²) in [5.41, 5.74) is 8.51. The van der Waals surface area contributed by atoms with E-state index < -0.39 is 0 Å². The van der Waals surface area contributed by atoms with Gasteiger partial charge in [-0.05, 0) is 24.5 Å². The molecule has 0 radical (unpaired) electrons. The molecule has 0 bridgehead atoms. The SMILES string of the molecule is Cc1nn(C)c(Oc2ccccc2C(C)C)c1N. The second kappa shape index (κ2) is 4.72. The van der Waals surface area contributed by atoms with E-state index >= 15 is 0 Å². The van der Waals surface area contributed by atoms with Gasteiger partial charge in [0.05, 0.1) is 5.69 Å². The van der Waals surface area contributed by atoms with E-state index in [9.17, 15) is 0 Å². The van der Waals surface area contributed by atoms with Crippen LogP contribution < -0.4 is 10.5 Å². The van der Waals surface area contributed by atoms with Crippen LogP contribution in [0.3, 0.4) is 0 Å². The molecule has 4 nitrogen and oxygen atoms in total. The fraction of sp³-hybridized carbons (Fsp3) is 0.357. The molecule has 1 aromatic carbocycles. The van der Waals surface area contributed by atoms with E-state index in [1.54, 1.807) is 4.68 Å². The predicted octanol–water partition coefficient (Wildman–Crippen LogP) is 3.23. The number of nitrogens with two attached hydrogens (primary N) is 1. The van der Waals surface area contributed by atoms with Crippen molar-refractivity contribution in [1.82, 2.24) is 9.78 Å².